The van der Waals surface area contributed by atoms with Crippen molar-refractivity contribution in [3.63, 3.8) is 0 Å². The van der Waals surface area contributed by atoms with Crippen molar-refractivity contribution in [2.45, 2.75) is 0 Å². The van der Waals surface area contributed by atoms with Crippen LogP contribution >= 0.6 is 0 Å². The van der Waals surface area contributed by atoms with E-state index in [1.807, 2.05) is 0 Å². The van der Waals surface area contributed by atoms with E-state index in [0.717, 1.165) is 0 Å². The lowest BCUT2D eigenvalue weighted by Gasteiger charge is -1.91. The van der Waals surface area contributed by atoms with Crippen molar-refractivity contribution >= 4 is 16.9 Å². The summed E-state index contributed by atoms with van der Waals surface area (Å²) in [5, 5.41) is 9.03. The molecular formula is C8H5FN2O2. The predicted octanol–water partition coefficient (Wildman–Crippen LogP) is 1.40. The van der Waals surface area contributed by atoms with E-state index in [0.29, 0.717) is 5.39 Å². The van der Waals surface area contributed by atoms with Crippen LogP contribution in [0.15, 0.2) is 18.5 Å². The maximum atomic E-state index is 12.9. The average molecular weight is 180 g/mol. The summed E-state index contributed by atoms with van der Waals surface area (Å²) in [6.45, 7) is 0. The minimum absolute atomic E-state index is 0.0521. The standard InChI is InChI=1S/C8H5FN2O2/c9-7-6-4(1-2-10-7)5(3-11-6)8(12)13/h1-3,11H,(H,12,13). The molecule has 0 aliphatic heterocycles. The number of aromatic amines is 1. The fourth-order valence-electron chi connectivity index (χ4n) is 1.20. The lowest BCUT2D eigenvalue weighted by atomic mass is 10.2. The number of hydrogen-bond acceptors (Lipinski definition) is 2. The first-order valence-corrected chi connectivity index (χ1v) is 3.55. The summed E-state index contributed by atoms with van der Waals surface area (Å²) in [7, 11) is 0. The van der Waals surface area contributed by atoms with Gasteiger partial charge in [0.15, 0.2) is 0 Å². The summed E-state index contributed by atoms with van der Waals surface area (Å²) < 4.78 is 12.9. The van der Waals surface area contributed by atoms with Crippen molar-refractivity contribution in [2.24, 2.45) is 0 Å². The number of pyridine rings is 1. The van der Waals surface area contributed by atoms with Gasteiger partial charge >= 0.3 is 5.97 Å². The normalized spacial score (nSPS) is 10.5. The van der Waals surface area contributed by atoms with Crippen molar-refractivity contribution in [2.75, 3.05) is 0 Å². The molecule has 0 fully saturated rings. The number of fused-ring (bicyclic) bond motifs is 1. The second-order valence-corrected chi connectivity index (χ2v) is 2.53. The number of hydrogen-bond donors (Lipinski definition) is 2. The molecule has 0 saturated heterocycles. The van der Waals surface area contributed by atoms with Crippen LogP contribution in [0.25, 0.3) is 10.9 Å². The first kappa shape index (κ1) is 7.72. The molecule has 0 aliphatic carbocycles. The average Bonchev–Trinajstić information content (AvgIpc) is 2.48. The van der Waals surface area contributed by atoms with Gasteiger partial charge in [-0.1, -0.05) is 0 Å². The van der Waals surface area contributed by atoms with Crippen LogP contribution in [0.1, 0.15) is 10.4 Å². The summed E-state index contributed by atoms with van der Waals surface area (Å²) in [4.78, 5) is 16.5. The van der Waals surface area contributed by atoms with E-state index in [1.165, 1.54) is 18.5 Å². The van der Waals surface area contributed by atoms with Crippen LogP contribution in [-0.2, 0) is 0 Å². The lowest BCUT2D eigenvalue weighted by Crippen LogP contribution is -1.93. The van der Waals surface area contributed by atoms with E-state index >= 15 is 0 Å². The van der Waals surface area contributed by atoms with Gasteiger partial charge in [-0.2, -0.15) is 4.39 Å². The van der Waals surface area contributed by atoms with Gasteiger partial charge < -0.3 is 10.1 Å². The molecule has 2 rings (SSSR count). The smallest absolute Gasteiger partial charge is 0.337 e. The van der Waals surface area contributed by atoms with Crippen molar-refractivity contribution in [1.82, 2.24) is 9.97 Å². The highest BCUT2D eigenvalue weighted by Gasteiger charge is 2.12. The Morgan fingerprint density at radius 3 is 3.08 bits per heavy atom. The van der Waals surface area contributed by atoms with Gasteiger partial charge in [-0.15, -0.1) is 0 Å². The molecule has 0 atom stereocenters. The molecule has 2 N–H and O–H groups in total. The number of aromatic nitrogens is 2. The van der Waals surface area contributed by atoms with Gasteiger partial charge in [0.05, 0.1) is 5.56 Å². The van der Waals surface area contributed by atoms with Gasteiger partial charge in [-0.05, 0) is 6.07 Å². The molecule has 2 aromatic rings. The summed E-state index contributed by atoms with van der Waals surface area (Å²) in [5.41, 5.74) is 0.177. The Hall–Kier alpha value is -1.91. The Bertz CT molecular complexity index is 478. The Morgan fingerprint density at radius 2 is 2.38 bits per heavy atom. The molecule has 0 aromatic carbocycles. The van der Waals surface area contributed by atoms with E-state index in [4.69, 9.17) is 5.11 Å². The van der Waals surface area contributed by atoms with Crippen molar-refractivity contribution in [3.05, 3.63) is 30.0 Å². The van der Waals surface area contributed by atoms with Gasteiger partial charge in [0, 0.05) is 17.8 Å². The fraction of sp³-hybridized carbons (Fsp3) is 0. The van der Waals surface area contributed by atoms with Crippen LogP contribution < -0.4 is 0 Å². The van der Waals surface area contributed by atoms with Crippen molar-refractivity contribution in [1.29, 1.82) is 0 Å². The minimum atomic E-state index is -1.09. The molecule has 0 radical (unpaired) electrons. The number of rotatable bonds is 1. The number of nitrogens with one attached hydrogen (secondary N) is 1. The van der Waals surface area contributed by atoms with Crippen LogP contribution in [-0.4, -0.2) is 21.0 Å². The fourth-order valence-corrected chi connectivity index (χ4v) is 1.20. The van der Waals surface area contributed by atoms with E-state index in [-0.39, 0.29) is 11.1 Å². The number of carboxylic acid groups (broad SMARTS) is 1. The van der Waals surface area contributed by atoms with Crippen LogP contribution in [0.5, 0.6) is 0 Å². The van der Waals surface area contributed by atoms with E-state index in [9.17, 15) is 9.18 Å². The maximum Gasteiger partial charge on any atom is 0.337 e. The Labute approximate surface area is 72.0 Å². The summed E-state index contributed by atoms with van der Waals surface area (Å²) in [6.07, 6.45) is 2.48. The van der Waals surface area contributed by atoms with Crippen molar-refractivity contribution in [3.8, 4) is 0 Å². The molecule has 0 amide bonds. The molecule has 66 valence electrons. The third-order valence-electron chi connectivity index (χ3n) is 1.79. The third-order valence-corrected chi connectivity index (χ3v) is 1.79. The molecule has 13 heavy (non-hydrogen) atoms. The molecule has 0 unspecified atom stereocenters. The van der Waals surface area contributed by atoms with E-state index in [2.05, 4.69) is 9.97 Å². The second kappa shape index (κ2) is 2.55. The number of nitrogens with zero attached hydrogens (tertiary/aromatic N) is 1. The number of carbonyl (C=O) groups is 1. The summed E-state index contributed by atoms with van der Waals surface area (Å²) >= 11 is 0. The van der Waals surface area contributed by atoms with Gasteiger partial charge in [-0.3, -0.25) is 0 Å². The zero-order valence-corrected chi connectivity index (χ0v) is 6.41. The molecule has 0 bridgehead atoms. The lowest BCUT2D eigenvalue weighted by molar-refractivity contribution is 0.0699. The molecule has 4 nitrogen and oxygen atoms in total. The number of halogens is 1. The summed E-state index contributed by atoms with van der Waals surface area (Å²) in [6, 6.07) is 1.46. The molecule has 2 aromatic heterocycles. The highest BCUT2D eigenvalue weighted by atomic mass is 19.1. The predicted molar refractivity (Wildman–Crippen MR) is 43.0 cm³/mol. The van der Waals surface area contributed by atoms with Crippen LogP contribution in [0.4, 0.5) is 4.39 Å². The first-order valence-electron chi connectivity index (χ1n) is 3.55. The van der Waals surface area contributed by atoms with Crippen LogP contribution in [0.3, 0.4) is 0 Å². The molecule has 2 heterocycles. The topological polar surface area (TPSA) is 66.0 Å². The number of H-pyrrole nitrogens is 1. The SMILES string of the molecule is O=C(O)c1c[nH]c2c(F)nccc12. The van der Waals surface area contributed by atoms with Gasteiger partial charge in [0.25, 0.3) is 0 Å². The van der Waals surface area contributed by atoms with E-state index < -0.39 is 11.9 Å². The van der Waals surface area contributed by atoms with Crippen LogP contribution in [0.2, 0.25) is 0 Å². The van der Waals surface area contributed by atoms with E-state index in [1.54, 1.807) is 0 Å². The number of carboxylic acids is 1. The van der Waals surface area contributed by atoms with Gasteiger partial charge in [0.2, 0.25) is 5.95 Å². The van der Waals surface area contributed by atoms with Gasteiger partial charge in [0.1, 0.15) is 5.52 Å². The minimum Gasteiger partial charge on any atom is -0.478 e. The molecule has 0 spiro atoms. The summed E-state index contributed by atoms with van der Waals surface area (Å²) in [5.74, 6) is -1.78. The molecule has 0 saturated carbocycles. The highest BCUT2D eigenvalue weighted by molar-refractivity contribution is 6.02. The van der Waals surface area contributed by atoms with Crippen LogP contribution in [0, 0.1) is 5.95 Å². The monoisotopic (exact) mass is 180 g/mol. The molecular weight excluding hydrogens is 175 g/mol. The Kier molecular flexibility index (Phi) is 1.51. The van der Waals surface area contributed by atoms with Crippen molar-refractivity contribution < 1.29 is 14.3 Å². The Morgan fingerprint density at radius 1 is 1.62 bits per heavy atom. The highest BCUT2D eigenvalue weighted by Crippen LogP contribution is 2.18. The number of aromatic carboxylic acids is 1. The Balaban J connectivity index is 2.83. The second-order valence-electron chi connectivity index (χ2n) is 2.53. The zero-order chi connectivity index (χ0) is 9.42. The van der Waals surface area contributed by atoms with Gasteiger partial charge in [-0.25, -0.2) is 9.78 Å². The third kappa shape index (κ3) is 1.05. The largest absolute Gasteiger partial charge is 0.478 e. The first-order chi connectivity index (χ1) is 6.20. The quantitative estimate of drug-likeness (QED) is 0.652. The molecule has 5 heteroatoms. The zero-order valence-electron chi connectivity index (χ0n) is 6.41. The maximum absolute atomic E-state index is 12.9. The molecule has 0 aliphatic rings.